The number of aliphatic hydroxyl groups excluding tert-OH is 1. The summed E-state index contributed by atoms with van der Waals surface area (Å²) in [7, 11) is 2.58. The van der Waals surface area contributed by atoms with E-state index in [4.69, 9.17) is 14.8 Å². The van der Waals surface area contributed by atoms with Crippen LogP contribution >= 0.6 is 11.3 Å². The molecule has 0 unspecified atom stereocenters. The maximum Gasteiger partial charge on any atom is 0.269 e. The number of aliphatic hydroxyl groups is 1. The van der Waals surface area contributed by atoms with E-state index in [9.17, 15) is 4.79 Å². The highest BCUT2D eigenvalue weighted by molar-refractivity contribution is 7.22. The number of ether oxygens (including phenoxy) is 1. The lowest BCUT2D eigenvalue weighted by Crippen LogP contribution is -2.21. The van der Waals surface area contributed by atoms with Crippen LogP contribution in [0.2, 0.25) is 0 Å². The first kappa shape index (κ1) is 21.0. The van der Waals surface area contributed by atoms with Crippen molar-refractivity contribution in [2.24, 2.45) is 0 Å². The van der Waals surface area contributed by atoms with Gasteiger partial charge in [0.1, 0.15) is 17.2 Å². The van der Waals surface area contributed by atoms with Gasteiger partial charge in [-0.15, -0.1) is 0 Å². The molecule has 3 aromatic rings. The van der Waals surface area contributed by atoms with Crippen molar-refractivity contribution >= 4 is 32.6 Å². The Balaban J connectivity index is 0.00000117. The third-order valence-electron chi connectivity index (χ3n) is 4.72. The van der Waals surface area contributed by atoms with Crippen LogP contribution < -0.4 is 15.4 Å². The number of hydrogen-bond donors (Lipinski definition) is 3. The average Bonchev–Trinajstić information content (AvgIpc) is 3.17. The molecule has 29 heavy (non-hydrogen) atoms. The van der Waals surface area contributed by atoms with Crippen molar-refractivity contribution < 1.29 is 14.6 Å². The largest absolute Gasteiger partial charge is 0.457 e. The minimum Gasteiger partial charge on any atom is -0.457 e. The van der Waals surface area contributed by atoms with Gasteiger partial charge in [-0.05, 0) is 31.0 Å². The summed E-state index contributed by atoms with van der Waals surface area (Å²) in [6.45, 7) is 0. The van der Waals surface area contributed by atoms with Gasteiger partial charge < -0.3 is 20.5 Å². The number of fused-ring (bicyclic) bond motifs is 1. The molecule has 154 valence electrons. The molecule has 1 aliphatic carbocycles. The average molecular weight is 415 g/mol. The normalized spacial score (nSPS) is 14.0. The number of amides is 1. The summed E-state index contributed by atoms with van der Waals surface area (Å²) < 4.78 is 7.03. The summed E-state index contributed by atoms with van der Waals surface area (Å²) in [6.07, 6.45) is 7.94. The molecular weight excluding hydrogens is 388 g/mol. The molecular formula is C21H26N4O3S. The molecule has 0 atom stereocenters. The molecule has 8 heteroatoms. The number of carbonyl (C=O) groups excluding carboxylic acids is 1. The lowest BCUT2D eigenvalue weighted by Gasteiger charge is -2.22. The molecule has 3 N–H and O–H groups in total. The van der Waals surface area contributed by atoms with E-state index in [-0.39, 0.29) is 5.91 Å². The van der Waals surface area contributed by atoms with Gasteiger partial charge in [-0.2, -0.15) is 0 Å². The number of nitrogens with zero attached hydrogens (tertiary/aromatic N) is 2. The van der Waals surface area contributed by atoms with Gasteiger partial charge in [0, 0.05) is 38.5 Å². The van der Waals surface area contributed by atoms with Gasteiger partial charge in [0.25, 0.3) is 5.91 Å². The zero-order valence-corrected chi connectivity index (χ0v) is 17.5. The number of aromatic nitrogens is 2. The zero-order valence-electron chi connectivity index (χ0n) is 16.6. The number of thiazole rings is 1. The highest BCUT2D eigenvalue weighted by atomic mass is 32.1. The summed E-state index contributed by atoms with van der Waals surface area (Å²) in [5, 5.41) is 14.1. The van der Waals surface area contributed by atoms with E-state index in [1.807, 2.05) is 18.2 Å². The number of benzene rings is 1. The third-order valence-corrected chi connectivity index (χ3v) is 5.69. The highest BCUT2D eigenvalue weighted by Crippen LogP contribution is 2.32. The molecule has 0 radical (unpaired) electrons. The number of pyridine rings is 1. The Kier molecular flexibility index (Phi) is 7.37. The fourth-order valence-electron chi connectivity index (χ4n) is 3.32. The topological polar surface area (TPSA) is 96.4 Å². The first-order chi connectivity index (χ1) is 14.2. The van der Waals surface area contributed by atoms with Crippen molar-refractivity contribution in [1.82, 2.24) is 15.3 Å². The Morgan fingerprint density at radius 3 is 2.66 bits per heavy atom. The van der Waals surface area contributed by atoms with E-state index in [0.717, 1.165) is 22.5 Å². The molecule has 0 bridgehead atoms. The lowest BCUT2D eigenvalue weighted by atomic mass is 9.96. The van der Waals surface area contributed by atoms with Crippen LogP contribution in [0.5, 0.6) is 11.5 Å². The number of nitrogens with one attached hydrogen (secondary N) is 2. The monoisotopic (exact) mass is 414 g/mol. The summed E-state index contributed by atoms with van der Waals surface area (Å²) in [5.41, 5.74) is 1.24. The summed E-state index contributed by atoms with van der Waals surface area (Å²) in [5.74, 6) is 1.01. The van der Waals surface area contributed by atoms with E-state index in [0.29, 0.717) is 23.2 Å². The molecule has 0 spiro atoms. The first-order valence-corrected chi connectivity index (χ1v) is 10.5. The van der Waals surface area contributed by atoms with Crippen molar-refractivity contribution in [2.45, 2.75) is 38.1 Å². The predicted molar refractivity (Wildman–Crippen MR) is 116 cm³/mol. The van der Waals surface area contributed by atoms with Gasteiger partial charge in [-0.1, -0.05) is 30.6 Å². The van der Waals surface area contributed by atoms with Crippen LogP contribution in [0.4, 0.5) is 5.13 Å². The zero-order chi connectivity index (χ0) is 20.6. The van der Waals surface area contributed by atoms with Crippen LogP contribution in [0.3, 0.4) is 0 Å². The summed E-state index contributed by atoms with van der Waals surface area (Å²) >= 11 is 1.67. The number of carbonyl (C=O) groups is 1. The fraction of sp³-hybridized carbons (Fsp3) is 0.381. The SMILES string of the molecule is CNC(=O)c1cc(Oc2ccc3sc(NC4CCCCC4)nc3c2)ccn1.CO. The molecule has 0 saturated heterocycles. The smallest absolute Gasteiger partial charge is 0.269 e. The van der Waals surface area contributed by atoms with Gasteiger partial charge in [0.15, 0.2) is 5.13 Å². The Labute approximate surface area is 174 Å². The second kappa shape index (κ2) is 10.2. The molecule has 2 heterocycles. The highest BCUT2D eigenvalue weighted by Gasteiger charge is 2.15. The molecule has 4 rings (SSSR count). The van der Waals surface area contributed by atoms with Crippen molar-refractivity contribution in [1.29, 1.82) is 0 Å². The van der Waals surface area contributed by atoms with Crippen LogP contribution in [-0.2, 0) is 0 Å². The van der Waals surface area contributed by atoms with Crippen molar-refractivity contribution in [2.75, 3.05) is 19.5 Å². The summed E-state index contributed by atoms with van der Waals surface area (Å²) in [6, 6.07) is 9.77. The first-order valence-electron chi connectivity index (χ1n) is 9.69. The van der Waals surface area contributed by atoms with Crippen molar-refractivity contribution in [3.8, 4) is 11.5 Å². The molecule has 1 aromatic carbocycles. The molecule has 0 aliphatic heterocycles. The van der Waals surface area contributed by atoms with E-state index in [2.05, 4.69) is 15.6 Å². The van der Waals surface area contributed by atoms with E-state index < -0.39 is 0 Å². The van der Waals surface area contributed by atoms with E-state index >= 15 is 0 Å². The number of anilines is 1. The fourth-order valence-corrected chi connectivity index (χ4v) is 4.24. The minimum absolute atomic E-state index is 0.242. The van der Waals surface area contributed by atoms with Gasteiger partial charge >= 0.3 is 0 Å². The minimum atomic E-state index is -0.242. The van der Waals surface area contributed by atoms with E-state index in [1.165, 1.54) is 32.1 Å². The maximum atomic E-state index is 11.7. The second-order valence-corrected chi connectivity index (χ2v) is 7.72. The van der Waals surface area contributed by atoms with Crippen LogP contribution in [0.25, 0.3) is 10.2 Å². The van der Waals surface area contributed by atoms with Crippen LogP contribution in [0.1, 0.15) is 42.6 Å². The van der Waals surface area contributed by atoms with Gasteiger partial charge in [0.05, 0.1) is 10.2 Å². The van der Waals surface area contributed by atoms with E-state index in [1.54, 1.807) is 36.7 Å². The Bertz CT molecular complexity index is 954. The number of rotatable bonds is 5. The lowest BCUT2D eigenvalue weighted by molar-refractivity contribution is 0.0958. The van der Waals surface area contributed by atoms with Crippen molar-refractivity contribution in [3.05, 3.63) is 42.2 Å². The Morgan fingerprint density at radius 1 is 1.14 bits per heavy atom. The second-order valence-electron chi connectivity index (χ2n) is 6.69. The van der Waals surface area contributed by atoms with Crippen LogP contribution in [-0.4, -0.2) is 41.2 Å². The third kappa shape index (κ3) is 5.42. The Hall–Kier alpha value is -2.71. The van der Waals surface area contributed by atoms with Gasteiger partial charge in [-0.25, -0.2) is 4.98 Å². The molecule has 7 nitrogen and oxygen atoms in total. The molecule has 1 amide bonds. The Morgan fingerprint density at radius 2 is 1.90 bits per heavy atom. The van der Waals surface area contributed by atoms with Gasteiger partial charge in [0.2, 0.25) is 0 Å². The summed E-state index contributed by atoms with van der Waals surface area (Å²) in [4.78, 5) is 20.5. The standard InChI is InChI=1S/C20H22N4O2S.CH4O/c1-21-19(25)17-12-15(9-10-22-17)26-14-7-8-18-16(11-14)24-20(27-18)23-13-5-3-2-4-6-13;1-2/h7-13H,2-6H2,1H3,(H,21,25)(H,23,24);2H,1H3. The van der Waals surface area contributed by atoms with Crippen LogP contribution in [0, 0.1) is 0 Å². The quantitative estimate of drug-likeness (QED) is 0.579. The molecule has 1 fully saturated rings. The predicted octanol–water partition coefficient (Wildman–Crippen LogP) is 4.20. The molecule has 2 aromatic heterocycles. The number of hydrogen-bond acceptors (Lipinski definition) is 7. The maximum absolute atomic E-state index is 11.7. The van der Waals surface area contributed by atoms with Crippen molar-refractivity contribution in [3.63, 3.8) is 0 Å². The molecule has 1 saturated carbocycles. The molecule has 1 aliphatic rings. The van der Waals surface area contributed by atoms with Crippen LogP contribution in [0.15, 0.2) is 36.5 Å². The van der Waals surface area contributed by atoms with Gasteiger partial charge in [-0.3, -0.25) is 9.78 Å².